The van der Waals surface area contributed by atoms with Gasteiger partial charge in [-0.1, -0.05) is 0 Å². The molecule has 10 heteroatoms. The fourth-order valence-corrected chi connectivity index (χ4v) is 3.77. The van der Waals surface area contributed by atoms with E-state index in [-0.39, 0.29) is 0 Å². The van der Waals surface area contributed by atoms with Crippen LogP contribution in [-0.4, -0.2) is 37.3 Å². The van der Waals surface area contributed by atoms with Crippen LogP contribution in [0.15, 0.2) is 59.2 Å². The van der Waals surface area contributed by atoms with Crippen molar-refractivity contribution < 1.29 is 13.3 Å². The molecule has 1 aromatic carbocycles. The molecule has 2 aromatic rings. The van der Waals surface area contributed by atoms with Crippen LogP contribution >= 0.6 is 0 Å². The molecule has 1 unspecified atom stereocenters. The first-order chi connectivity index (χ1) is 13.3. The van der Waals surface area contributed by atoms with Crippen molar-refractivity contribution in [1.29, 1.82) is 0 Å². The summed E-state index contributed by atoms with van der Waals surface area (Å²) in [5.74, 6) is 2.63. The number of H-pyrrole nitrogens is 1. The molecule has 1 atom stereocenters. The Labute approximate surface area is 163 Å². The highest BCUT2D eigenvalue weighted by atomic mass is 32.2. The molecule has 0 saturated heterocycles. The number of hydrogen-bond acceptors (Lipinski definition) is 6. The van der Waals surface area contributed by atoms with E-state index in [1.807, 2.05) is 38.2 Å². The van der Waals surface area contributed by atoms with Crippen molar-refractivity contribution in [3.8, 4) is 0 Å². The molecule has 0 radical (unpaired) electrons. The number of sulfonamides is 1. The second-order valence-corrected chi connectivity index (χ2v) is 8.66. The highest BCUT2D eigenvalue weighted by Crippen LogP contribution is 2.21. The summed E-state index contributed by atoms with van der Waals surface area (Å²) in [7, 11) is -3.30. The Hall–Kier alpha value is -3.11. The van der Waals surface area contributed by atoms with Gasteiger partial charge in [0.05, 0.1) is 18.2 Å². The SMILES string of the molecule is CC1=C[NH+]2C(Nc3cc(C)[nH]n3)=CN(c3ccc(NS(C)(=O)=O)cc3)CC2=N1. The van der Waals surface area contributed by atoms with E-state index in [0.717, 1.165) is 45.7 Å². The van der Waals surface area contributed by atoms with Gasteiger partial charge in [-0.05, 0) is 38.1 Å². The van der Waals surface area contributed by atoms with E-state index < -0.39 is 10.0 Å². The third-order valence-electron chi connectivity index (χ3n) is 4.34. The van der Waals surface area contributed by atoms with E-state index in [1.165, 1.54) is 0 Å². The van der Waals surface area contributed by atoms with Crippen LogP contribution < -0.4 is 19.8 Å². The lowest BCUT2D eigenvalue weighted by atomic mass is 10.2. The van der Waals surface area contributed by atoms with Gasteiger partial charge < -0.3 is 4.90 Å². The van der Waals surface area contributed by atoms with Crippen LogP contribution in [0.2, 0.25) is 0 Å². The molecular weight excluding hydrogens is 378 g/mol. The zero-order valence-corrected chi connectivity index (χ0v) is 16.6. The van der Waals surface area contributed by atoms with Crippen molar-refractivity contribution in [3.63, 3.8) is 0 Å². The molecule has 3 heterocycles. The van der Waals surface area contributed by atoms with Crippen LogP contribution in [0.3, 0.4) is 0 Å². The Morgan fingerprint density at radius 2 is 1.96 bits per heavy atom. The van der Waals surface area contributed by atoms with E-state index in [4.69, 9.17) is 0 Å². The summed E-state index contributed by atoms with van der Waals surface area (Å²) in [6.07, 6.45) is 5.21. The minimum atomic E-state index is -3.30. The number of aryl methyl sites for hydroxylation is 1. The number of hydrogen-bond donors (Lipinski definition) is 4. The molecule has 0 fully saturated rings. The number of fused-ring (bicyclic) bond motifs is 1. The van der Waals surface area contributed by atoms with Crippen molar-refractivity contribution >= 4 is 33.1 Å². The molecule has 28 heavy (non-hydrogen) atoms. The Balaban J connectivity index is 1.62. The van der Waals surface area contributed by atoms with Crippen LogP contribution in [0.25, 0.3) is 0 Å². The minimum Gasteiger partial charge on any atom is -0.329 e. The van der Waals surface area contributed by atoms with Gasteiger partial charge in [-0.3, -0.25) is 15.1 Å². The van der Waals surface area contributed by atoms with Gasteiger partial charge in [0.1, 0.15) is 12.7 Å². The molecule has 0 amide bonds. The molecule has 4 rings (SSSR count). The zero-order valence-electron chi connectivity index (χ0n) is 15.8. The summed E-state index contributed by atoms with van der Waals surface area (Å²) in [6.45, 7) is 4.56. The number of aromatic amines is 1. The maximum atomic E-state index is 11.4. The van der Waals surface area contributed by atoms with Crippen molar-refractivity contribution in [2.24, 2.45) is 4.99 Å². The first-order valence-electron chi connectivity index (χ1n) is 8.76. The quantitative estimate of drug-likeness (QED) is 0.599. The van der Waals surface area contributed by atoms with E-state index in [1.54, 1.807) is 12.1 Å². The molecule has 9 nitrogen and oxygen atoms in total. The molecule has 2 aliphatic rings. The first kappa shape index (κ1) is 18.3. The van der Waals surface area contributed by atoms with Crippen molar-refractivity contribution in [3.05, 3.63) is 59.9 Å². The monoisotopic (exact) mass is 400 g/mol. The number of quaternary nitrogens is 1. The third kappa shape index (κ3) is 3.92. The summed E-state index contributed by atoms with van der Waals surface area (Å²) >= 11 is 0. The summed E-state index contributed by atoms with van der Waals surface area (Å²) in [5.41, 5.74) is 3.40. The zero-order chi connectivity index (χ0) is 19.9. The Morgan fingerprint density at radius 1 is 1.21 bits per heavy atom. The van der Waals surface area contributed by atoms with Gasteiger partial charge in [-0.2, -0.15) is 10.1 Å². The number of rotatable bonds is 5. The summed E-state index contributed by atoms with van der Waals surface area (Å²) in [4.78, 5) is 7.78. The average Bonchev–Trinajstić information content (AvgIpc) is 3.18. The van der Waals surface area contributed by atoms with Gasteiger partial charge in [0.2, 0.25) is 21.7 Å². The van der Waals surface area contributed by atoms with Gasteiger partial charge in [0, 0.05) is 23.1 Å². The van der Waals surface area contributed by atoms with Gasteiger partial charge in [-0.15, -0.1) is 0 Å². The fourth-order valence-electron chi connectivity index (χ4n) is 3.20. The second kappa shape index (κ2) is 6.80. The maximum Gasteiger partial charge on any atom is 0.232 e. The van der Waals surface area contributed by atoms with Gasteiger partial charge >= 0.3 is 0 Å². The highest BCUT2D eigenvalue weighted by Gasteiger charge is 2.33. The van der Waals surface area contributed by atoms with Crippen molar-refractivity contribution in [2.45, 2.75) is 13.8 Å². The normalized spacial score (nSPS) is 18.9. The lowest BCUT2D eigenvalue weighted by Crippen LogP contribution is -3.10. The number of anilines is 3. The third-order valence-corrected chi connectivity index (χ3v) is 4.95. The smallest absolute Gasteiger partial charge is 0.232 e. The van der Waals surface area contributed by atoms with Crippen LogP contribution in [-0.2, 0) is 10.0 Å². The molecule has 2 aliphatic heterocycles. The topological polar surface area (TPSA) is 107 Å². The Kier molecular flexibility index (Phi) is 4.44. The van der Waals surface area contributed by atoms with Crippen molar-refractivity contribution in [2.75, 3.05) is 27.7 Å². The molecular formula is C18H22N7O2S+. The lowest BCUT2D eigenvalue weighted by Gasteiger charge is -2.28. The first-order valence-corrected chi connectivity index (χ1v) is 10.6. The summed E-state index contributed by atoms with van der Waals surface area (Å²) < 4.78 is 25.3. The summed E-state index contributed by atoms with van der Waals surface area (Å²) in [6, 6.07) is 9.18. The molecule has 0 saturated carbocycles. The number of benzene rings is 1. The van der Waals surface area contributed by atoms with Crippen molar-refractivity contribution in [1.82, 2.24) is 10.2 Å². The van der Waals surface area contributed by atoms with E-state index in [9.17, 15) is 8.42 Å². The van der Waals surface area contributed by atoms with Crippen LogP contribution in [0.5, 0.6) is 0 Å². The number of amidine groups is 1. The molecule has 0 bridgehead atoms. The minimum absolute atomic E-state index is 0.528. The van der Waals surface area contributed by atoms with Crippen LogP contribution in [0, 0.1) is 6.92 Å². The highest BCUT2D eigenvalue weighted by molar-refractivity contribution is 7.92. The second-order valence-electron chi connectivity index (χ2n) is 6.91. The molecule has 4 N–H and O–H groups in total. The van der Waals surface area contributed by atoms with Crippen LogP contribution in [0.1, 0.15) is 12.6 Å². The maximum absolute atomic E-state index is 11.4. The predicted molar refractivity (Wildman–Crippen MR) is 109 cm³/mol. The van der Waals surface area contributed by atoms with Crippen LogP contribution in [0.4, 0.5) is 17.2 Å². The molecule has 0 spiro atoms. The van der Waals surface area contributed by atoms with E-state index in [0.29, 0.717) is 12.2 Å². The van der Waals surface area contributed by atoms with Gasteiger partial charge in [0.15, 0.2) is 5.82 Å². The molecule has 146 valence electrons. The number of allylic oxidation sites excluding steroid dienone is 1. The molecule has 1 aromatic heterocycles. The number of aliphatic imine (C=N–C) groups is 1. The van der Waals surface area contributed by atoms with Gasteiger partial charge in [-0.25, -0.2) is 13.3 Å². The fraction of sp³-hybridized carbons (Fsp3) is 0.222. The number of nitrogens with zero attached hydrogens (tertiary/aromatic N) is 3. The molecule has 0 aliphatic carbocycles. The summed E-state index contributed by atoms with van der Waals surface area (Å²) in [5, 5.41) is 10.5. The number of nitrogens with one attached hydrogen (secondary N) is 4. The van der Waals surface area contributed by atoms with Gasteiger partial charge in [0.25, 0.3) is 0 Å². The largest absolute Gasteiger partial charge is 0.329 e. The number of aromatic nitrogens is 2. The predicted octanol–water partition coefficient (Wildman–Crippen LogP) is 0.979. The standard InChI is InChI=1S/C18H21N7O2S/c1-12-8-16(22-21-12)20-18-11-24(10-17-19-13(2)9-25(17)18)15-6-4-14(5-7-15)23-28(3,26)27/h4-9,11,23H,10H2,1-3H3,(H2,20,21,22)/p+1. The Morgan fingerprint density at radius 3 is 2.61 bits per heavy atom. The Bertz CT molecular complexity index is 1100. The average molecular weight is 400 g/mol. The lowest BCUT2D eigenvalue weighted by molar-refractivity contribution is -0.698. The van der Waals surface area contributed by atoms with E-state index >= 15 is 0 Å². The van der Waals surface area contributed by atoms with E-state index in [2.05, 4.69) is 36.3 Å².